The molecule has 0 aliphatic carbocycles. The second kappa shape index (κ2) is 6.14. The first-order valence-electron chi connectivity index (χ1n) is 8.21. The van der Waals surface area contributed by atoms with E-state index in [9.17, 15) is 9.59 Å². The van der Waals surface area contributed by atoms with Gasteiger partial charge in [-0.05, 0) is 20.3 Å². The highest BCUT2D eigenvalue weighted by molar-refractivity contribution is 5.83. The van der Waals surface area contributed by atoms with Gasteiger partial charge in [0.05, 0.1) is 12.1 Å². The summed E-state index contributed by atoms with van der Waals surface area (Å²) in [5, 5.41) is 4.45. The van der Waals surface area contributed by atoms with Crippen LogP contribution >= 0.6 is 0 Å². The van der Waals surface area contributed by atoms with Gasteiger partial charge in [-0.1, -0.05) is 13.8 Å². The molecule has 0 saturated heterocycles. The fourth-order valence-electron chi connectivity index (χ4n) is 3.00. The van der Waals surface area contributed by atoms with Crippen LogP contribution in [0.4, 0.5) is 0 Å². The molecule has 24 heavy (non-hydrogen) atoms. The maximum atomic E-state index is 12.9. The molecule has 1 atom stereocenters. The summed E-state index contributed by atoms with van der Waals surface area (Å²) in [6.45, 7) is 7.66. The summed E-state index contributed by atoms with van der Waals surface area (Å²) in [6, 6.07) is 2.87. The standard InChI is InChI=1S/C17H21N3O4/c1-5-11(17(22)23-7-3)20-16(21)13-9-14-12(8-10(4)24-14)19(13)15(6-2)18-20/h8-9,11H,5-7H2,1-4H3/t11-/m0/s1. The number of carbonyl (C=O) groups is 1. The van der Waals surface area contributed by atoms with Crippen LogP contribution in [0.15, 0.2) is 21.3 Å². The molecule has 0 saturated carbocycles. The molecule has 0 aromatic carbocycles. The van der Waals surface area contributed by atoms with Crippen molar-refractivity contribution in [3.8, 4) is 0 Å². The molecule has 0 aliphatic heterocycles. The molecule has 3 aromatic heterocycles. The van der Waals surface area contributed by atoms with Crippen LogP contribution in [0.1, 0.15) is 44.8 Å². The van der Waals surface area contributed by atoms with E-state index in [1.807, 2.05) is 31.2 Å². The molecule has 7 heteroatoms. The van der Waals surface area contributed by atoms with E-state index in [0.717, 1.165) is 11.3 Å². The van der Waals surface area contributed by atoms with Crippen molar-refractivity contribution in [2.24, 2.45) is 0 Å². The van der Waals surface area contributed by atoms with Crippen molar-refractivity contribution in [3.05, 3.63) is 34.1 Å². The fraction of sp³-hybridized carbons (Fsp3) is 0.471. The zero-order valence-electron chi connectivity index (χ0n) is 14.3. The minimum atomic E-state index is -0.726. The molecule has 7 nitrogen and oxygen atoms in total. The van der Waals surface area contributed by atoms with E-state index in [2.05, 4.69) is 5.10 Å². The quantitative estimate of drug-likeness (QED) is 0.672. The number of furan rings is 1. The molecule has 0 unspecified atom stereocenters. The second-order valence-electron chi connectivity index (χ2n) is 5.67. The Morgan fingerprint density at radius 3 is 2.67 bits per heavy atom. The number of carbonyl (C=O) groups excluding carboxylic acids is 1. The fourth-order valence-corrected chi connectivity index (χ4v) is 3.00. The normalized spacial score (nSPS) is 12.8. The summed E-state index contributed by atoms with van der Waals surface area (Å²) >= 11 is 0. The minimum Gasteiger partial charge on any atom is -0.464 e. The van der Waals surface area contributed by atoms with Crippen molar-refractivity contribution in [2.45, 2.75) is 46.6 Å². The number of hydrogen-bond acceptors (Lipinski definition) is 5. The lowest BCUT2D eigenvalue weighted by Crippen LogP contribution is -2.35. The summed E-state index contributed by atoms with van der Waals surface area (Å²) in [6.07, 6.45) is 1.05. The van der Waals surface area contributed by atoms with Gasteiger partial charge in [-0.3, -0.25) is 9.20 Å². The minimum absolute atomic E-state index is 0.268. The van der Waals surface area contributed by atoms with Gasteiger partial charge in [0, 0.05) is 18.6 Å². The summed E-state index contributed by atoms with van der Waals surface area (Å²) in [7, 11) is 0. The van der Waals surface area contributed by atoms with Gasteiger partial charge < -0.3 is 9.15 Å². The van der Waals surface area contributed by atoms with E-state index in [-0.39, 0.29) is 12.2 Å². The van der Waals surface area contributed by atoms with E-state index in [1.54, 1.807) is 13.0 Å². The highest BCUT2D eigenvalue weighted by Crippen LogP contribution is 2.24. The summed E-state index contributed by atoms with van der Waals surface area (Å²) in [5.74, 6) is 1.04. The first kappa shape index (κ1) is 16.3. The molecule has 0 fully saturated rings. The third kappa shape index (κ3) is 2.40. The Morgan fingerprint density at radius 1 is 1.29 bits per heavy atom. The van der Waals surface area contributed by atoms with E-state index in [1.165, 1.54) is 4.68 Å². The first-order chi connectivity index (χ1) is 11.5. The summed E-state index contributed by atoms with van der Waals surface area (Å²) < 4.78 is 13.8. The number of hydrogen-bond donors (Lipinski definition) is 0. The van der Waals surface area contributed by atoms with Crippen LogP contribution in [0.5, 0.6) is 0 Å². The largest absolute Gasteiger partial charge is 0.464 e. The van der Waals surface area contributed by atoms with E-state index in [0.29, 0.717) is 29.8 Å². The number of esters is 1. The monoisotopic (exact) mass is 331 g/mol. The van der Waals surface area contributed by atoms with Crippen molar-refractivity contribution in [1.29, 1.82) is 0 Å². The van der Waals surface area contributed by atoms with Crippen molar-refractivity contribution in [1.82, 2.24) is 14.2 Å². The van der Waals surface area contributed by atoms with Crippen molar-refractivity contribution < 1.29 is 13.9 Å². The highest BCUT2D eigenvalue weighted by atomic mass is 16.5. The molecule has 0 radical (unpaired) electrons. The average Bonchev–Trinajstić information content (AvgIpc) is 3.07. The van der Waals surface area contributed by atoms with E-state index in [4.69, 9.17) is 9.15 Å². The van der Waals surface area contributed by atoms with Gasteiger partial charge in [-0.15, -0.1) is 0 Å². The number of nitrogens with zero attached hydrogens (tertiary/aromatic N) is 3. The highest BCUT2D eigenvalue weighted by Gasteiger charge is 2.25. The van der Waals surface area contributed by atoms with Crippen molar-refractivity contribution in [2.75, 3.05) is 6.61 Å². The Balaban J connectivity index is 2.29. The van der Waals surface area contributed by atoms with Gasteiger partial charge >= 0.3 is 5.97 Å². The Morgan fingerprint density at radius 2 is 2.04 bits per heavy atom. The predicted molar refractivity (Wildman–Crippen MR) is 89.3 cm³/mol. The van der Waals surface area contributed by atoms with E-state index < -0.39 is 12.0 Å². The third-order valence-corrected chi connectivity index (χ3v) is 4.08. The molecular weight excluding hydrogens is 310 g/mol. The van der Waals surface area contributed by atoms with Gasteiger partial charge in [-0.25, -0.2) is 9.48 Å². The average molecular weight is 331 g/mol. The molecule has 3 rings (SSSR count). The first-order valence-corrected chi connectivity index (χ1v) is 8.21. The van der Waals surface area contributed by atoms with Crippen LogP contribution in [0.2, 0.25) is 0 Å². The molecule has 0 N–H and O–H groups in total. The molecular formula is C17H21N3O4. The SMILES string of the molecule is CCOC(=O)[C@H](CC)n1nc(CC)n2c(cc3oc(C)cc32)c1=O. The van der Waals surface area contributed by atoms with Crippen molar-refractivity contribution in [3.63, 3.8) is 0 Å². The lowest BCUT2D eigenvalue weighted by Gasteiger charge is -2.17. The van der Waals surface area contributed by atoms with Crippen LogP contribution in [0, 0.1) is 6.92 Å². The molecule has 3 heterocycles. The zero-order chi connectivity index (χ0) is 17.4. The van der Waals surface area contributed by atoms with Gasteiger partial charge in [0.25, 0.3) is 5.56 Å². The predicted octanol–water partition coefficient (Wildman–Crippen LogP) is 2.63. The Bertz CT molecular complexity index is 964. The maximum Gasteiger partial charge on any atom is 0.331 e. The molecule has 3 aromatic rings. The van der Waals surface area contributed by atoms with Crippen LogP contribution in [0.3, 0.4) is 0 Å². The van der Waals surface area contributed by atoms with E-state index >= 15 is 0 Å². The van der Waals surface area contributed by atoms with Gasteiger partial charge in [0.15, 0.2) is 11.6 Å². The Labute approximate surface area is 138 Å². The van der Waals surface area contributed by atoms with Crippen LogP contribution < -0.4 is 5.56 Å². The third-order valence-electron chi connectivity index (χ3n) is 4.08. The van der Waals surface area contributed by atoms with Crippen LogP contribution in [-0.2, 0) is 16.0 Å². The molecule has 0 amide bonds. The number of aryl methyl sites for hydroxylation is 2. The Hall–Kier alpha value is -2.57. The topological polar surface area (TPSA) is 78.7 Å². The number of aromatic nitrogens is 3. The smallest absolute Gasteiger partial charge is 0.331 e. The zero-order valence-corrected chi connectivity index (χ0v) is 14.3. The lowest BCUT2D eigenvalue weighted by atomic mass is 10.2. The molecule has 128 valence electrons. The molecule has 0 spiro atoms. The molecule has 0 aliphatic rings. The lowest BCUT2D eigenvalue weighted by molar-refractivity contribution is -0.147. The number of fused-ring (bicyclic) bond motifs is 3. The van der Waals surface area contributed by atoms with Gasteiger partial charge in [0.1, 0.15) is 17.1 Å². The van der Waals surface area contributed by atoms with Gasteiger partial charge in [-0.2, -0.15) is 5.10 Å². The van der Waals surface area contributed by atoms with Crippen LogP contribution in [-0.4, -0.2) is 26.8 Å². The number of rotatable bonds is 5. The molecule has 0 bridgehead atoms. The van der Waals surface area contributed by atoms with Gasteiger partial charge in [0.2, 0.25) is 0 Å². The number of ether oxygens (including phenoxy) is 1. The summed E-state index contributed by atoms with van der Waals surface area (Å²) in [5.41, 5.74) is 1.60. The summed E-state index contributed by atoms with van der Waals surface area (Å²) in [4.78, 5) is 25.1. The maximum absolute atomic E-state index is 12.9. The second-order valence-corrected chi connectivity index (χ2v) is 5.67. The van der Waals surface area contributed by atoms with Crippen LogP contribution in [0.25, 0.3) is 16.6 Å². The Kier molecular flexibility index (Phi) is 4.17. The van der Waals surface area contributed by atoms with Crippen molar-refractivity contribution >= 4 is 22.6 Å².